The van der Waals surface area contributed by atoms with Gasteiger partial charge in [-0.3, -0.25) is 0 Å². The summed E-state index contributed by atoms with van der Waals surface area (Å²) in [6.45, 7) is -0.153. The monoisotopic (exact) mass is 195 g/mol. The number of rotatable bonds is 1. The predicted molar refractivity (Wildman–Crippen MR) is 53.8 cm³/mol. The van der Waals surface area contributed by atoms with Crippen molar-refractivity contribution in [2.45, 2.75) is 6.61 Å². The Hall–Kier alpha value is -1.26. The molecule has 0 radical (unpaired) electrons. The van der Waals surface area contributed by atoms with Crippen molar-refractivity contribution in [1.82, 2.24) is 0 Å². The largest absolute Gasteiger partial charge is 0.506 e. The van der Waals surface area contributed by atoms with Gasteiger partial charge in [-0.05, 0) is 11.5 Å². The van der Waals surface area contributed by atoms with Crippen LogP contribution in [0.5, 0.6) is 5.75 Å². The third-order valence-electron chi connectivity index (χ3n) is 1.93. The van der Waals surface area contributed by atoms with E-state index in [2.05, 4.69) is 0 Å². The molecule has 0 spiro atoms. The van der Waals surface area contributed by atoms with Crippen LogP contribution in [0.15, 0.2) is 18.2 Å². The maximum absolute atomic E-state index is 9.66. The van der Waals surface area contributed by atoms with Crippen molar-refractivity contribution < 1.29 is 10.2 Å². The van der Waals surface area contributed by atoms with Crippen LogP contribution < -0.4 is 5.73 Å². The summed E-state index contributed by atoms with van der Waals surface area (Å²) in [5.41, 5.74) is 6.13. The van der Waals surface area contributed by atoms with Crippen LogP contribution in [0.25, 0.3) is 10.1 Å². The lowest BCUT2D eigenvalue weighted by Crippen LogP contribution is -1.82. The van der Waals surface area contributed by atoms with E-state index in [0.29, 0.717) is 10.6 Å². The van der Waals surface area contributed by atoms with E-state index in [0.717, 1.165) is 10.1 Å². The molecule has 0 fully saturated rings. The second-order valence-corrected chi connectivity index (χ2v) is 3.88. The van der Waals surface area contributed by atoms with Crippen LogP contribution in [-0.4, -0.2) is 10.2 Å². The fourth-order valence-corrected chi connectivity index (χ4v) is 2.17. The predicted octanol–water partition coefficient (Wildman–Crippen LogP) is 1.68. The Kier molecular flexibility index (Phi) is 1.86. The van der Waals surface area contributed by atoms with Crippen molar-refractivity contribution in [2.75, 3.05) is 5.73 Å². The lowest BCUT2D eigenvalue weighted by atomic mass is 10.1. The van der Waals surface area contributed by atoms with E-state index in [9.17, 15) is 5.11 Å². The van der Waals surface area contributed by atoms with E-state index < -0.39 is 0 Å². The number of phenols is 1. The molecule has 0 aliphatic carbocycles. The van der Waals surface area contributed by atoms with Crippen LogP contribution in [0.4, 0.5) is 5.00 Å². The summed E-state index contributed by atoms with van der Waals surface area (Å²) in [6, 6.07) is 5.35. The molecule has 4 heteroatoms. The highest BCUT2D eigenvalue weighted by atomic mass is 32.1. The number of nitrogen functional groups attached to an aromatic ring is 1. The van der Waals surface area contributed by atoms with Gasteiger partial charge in [0.1, 0.15) is 5.75 Å². The van der Waals surface area contributed by atoms with Crippen molar-refractivity contribution in [3.05, 3.63) is 23.8 Å². The molecule has 68 valence electrons. The molecule has 0 unspecified atom stereocenters. The second-order valence-electron chi connectivity index (χ2n) is 2.80. The molecule has 3 nitrogen and oxygen atoms in total. The summed E-state index contributed by atoms with van der Waals surface area (Å²) in [4.78, 5) is 0. The molecule has 2 rings (SSSR count). The van der Waals surface area contributed by atoms with Crippen molar-refractivity contribution in [1.29, 1.82) is 0 Å². The summed E-state index contributed by atoms with van der Waals surface area (Å²) in [6.07, 6.45) is 0. The third kappa shape index (κ3) is 1.24. The van der Waals surface area contributed by atoms with Gasteiger partial charge in [-0.2, -0.15) is 0 Å². The Morgan fingerprint density at radius 1 is 1.38 bits per heavy atom. The van der Waals surface area contributed by atoms with E-state index in [1.807, 2.05) is 6.07 Å². The van der Waals surface area contributed by atoms with E-state index in [1.165, 1.54) is 11.3 Å². The highest BCUT2D eigenvalue weighted by Crippen LogP contribution is 2.36. The van der Waals surface area contributed by atoms with Gasteiger partial charge in [0.2, 0.25) is 0 Å². The highest BCUT2D eigenvalue weighted by molar-refractivity contribution is 7.23. The van der Waals surface area contributed by atoms with Gasteiger partial charge < -0.3 is 15.9 Å². The quantitative estimate of drug-likeness (QED) is 0.648. The van der Waals surface area contributed by atoms with Crippen LogP contribution >= 0.6 is 11.3 Å². The number of aliphatic hydroxyl groups excluding tert-OH is 1. The lowest BCUT2D eigenvalue weighted by molar-refractivity contribution is 0.276. The van der Waals surface area contributed by atoms with Gasteiger partial charge in [0.25, 0.3) is 0 Å². The van der Waals surface area contributed by atoms with Crippen molar-refractivity contribution in [3.8, 4) is 5.75 Å². The number of hydrogen-bond donors (Lipinski definition) is 3. The molecule has 0 bridgehead atoms. The van der Waals surface area contributed by atoms with Crippen molar-refractivity contribution in [2.24, 2.45) is 0 Å². The summed E-state index contributed by atoms with van der Waals surface area (Å²) in [7, 11) is 0. The van der Waals surface area contributed by atoms with E-state index >= 15 is 0 Å². The van der Waals surface area contributed by atoms with Gasteiger partial charge in [-0.1, -0.05) is 12.1 Å². The Balaban J connectivity index is 2.78. The first-order chi connectivity index (χ1) is 6.22. The molecule has 1 aromatic carbocycles. The Morgan fingerprint density at radius 2 is 2.15 bits per heavy atom. The van der Waals surface area contributed by atoms with E-state index in [1.54, 1.807) is 12.1 Å². The summed E-state index contributed by atoms with van der Waals surface area (Å²) in [5, 5.41) is 20.1. The first kappa shape index (κ1) is 8.34. The molecular formula is C9H9NO2S. The summed E-state index contributed by atoms with van der Waals surface area (Å²) >= 11 is 1.32. The Labute approximate surface area is 79.0 Å². The molecule has 0 saturated heterocycles. The molecule has 13 heavy (non-hydrogen) atoms. The zero-order valence-corrected chi connectivity index (χ0v) is 7.64. The van der Waals surface area contributed by atoms with Crippen LogP contribution in [0, 0.1) is 0 Å². The smallest absolute Gasteiger partial charge is 0.138 e. The fraction of sp³-hybridized carbons (Fsp3) is 0.111. The number of aliphatic hydroxyl groups is 1. The van der Waals surface area contributed by atoms with Crippen LogP contribution in [-0.2, 0) is 6.61 Å². The minimum atomic E-state index is -0.153. The molecule has 0 aliphatic heterocycles. The van der Waals surface area contributed by atoms with Gasteiger partial charge in [0.15, 0.2) is 0 Å². The van der Waals surface area contributed by atoms with Crippen molar-refractivity contribution in [3.63, 3.8) is 0 Å². The lowest BCUT2D eigenvalue weighted by Gasteiger charge is -2.00. The van der Waals surface area contributed by atoms with E-state index in [4.69, 9.17) is 10.8 Å². The first-order valence-electron chi connectivity index (χ1n) is 3.83. The van der Waals surface area contributed by atoms with Gasteiger partial charge in [0, 0.05) is 5.56 Å². The fourth-order valence-electron chi connectivity index (χ4n) is 1.28. The number of thiophene rings is 1. The number of anilines is 1. The molecule has 0 atom stereocenters. The molecule has 2 aromatic rings. The van der Waals surface area contributed by atoms with Gasteiger partial charge >= 0.3 is 0 Å². The highest BCUT2D eigenvalue weighted by Gasteiger charge is 2.07. The average Bonchev–Trinajstić information content (AvgIpc) is 2.47. The number of aromatic hydroxyl groups is 1. The molecular weight excluding hydrogens is 186 g/mol. The Morgan fingerprint density at radius 3 is 2.85 bits per heavy atom. The van der Waals surface area contributed by atoms with Gasteiger partial charge in [-0.25, -0.2) is 0 Å². The number of fused-ring (bicyclic) bond motifs is 1. The molecule has 1 heterocycles. The van der Waals surface area contributed by atoms with Crippen LogP contribution in [0.3, 0.4) is 0 Å². The maximum atomic E-state index is 9.66. The maximum Gasteiger partial charge on any atom is 0.138 e. The SMILES string of the molecule is Nc1cc2ccc(CO)c(O)c2s1. The second kappa shape index (κ2) is 2.90. The minimum absolute atomic E-state index is 0.140. The standard InChI is InChI=1S/C9H9NO2S/c10-7-3-5-1-2-6(4-11)8(12)9(5)13-7/h1-3,11-12H,4,10H2. The zero-order valence-electron chi connectivity index (χ0n) is 6.82. The van der Waals surface area contributed by atoms with Crippen LogP contribution in [0.1, 0.15) is 5.56 Å². The zero-order chi connectivity index (χ0) is 9.42. The molecule has 0 amide bonds. The molecule has 0 saturated carbocycles. The third-order valence-corrected chi connectivity index (χ3v) is 2.92. The minimum Gasteiger partial charge on any atom is -0.506 e. The van der Waals surface area contributed by atoms with Crippen molar-refractivity contribution >= 4 is 26.4 Å². The van der Waals surface area contributed by atoms with Gasteiger partial charge in [-0.15, -0.1) is 11.3 Å². The Bertz CT molecular complexity index is 450. The average molecular weight is 195 g/mol. The molecule has 0 aliphatic rings. The number of benzene rings is 1. The van der Waals surface area contributed by atoms with Crippen LogP contribution in [0.2, 0.25) is 0 Å². The molecule has 4 N–H and O–H groups in total. The number of nitrogens with two attached hydrogens (primary N) is 1. The van der Waals surface area contributed by atoms with E-state index in [-0.39, 0.29) is 12.4 Å². The summed E-state index contributed by atoms with van der Waals surface area (Å²) in [5.74, 6) is 0.140. The topological polar surface area (TPSA) is 66.5 Å². The van der Waals surface area contributed by atoms with Gasteiger partial charge in [0.05, 0.1) is 16.3 Å². The number of hydrogen-bond acceptors (Lipinski definition) is 4. The summed E-state index contributed by atoms with van der Waals surface area (Å²) < 4.78 is 0.740. The normalized spacial score (nSPS) is 10.8. The first-order valence-corrected chi connectivity index (χ1v) is 4.64. The molecule has 1 aromatic heterocycles.